The molecule has 0 aliphatic heterocycles. The van der Waals surface area contributed by atoms with Crippen LogP contribution in [0.2, 0.25) is 0 Å². The summed E-state index contributed by atoms with van der Waals surface area (Å²) in [6, 6.07) is 5.28. The maximum Gasteiger partial charge on any atom is 0.433 e. The Morgan fingerprint density at radius 3 is 2.50 bits per heavy atom. The normalized spacial score (nSPS) is 10.7. The first kappa shape index (κ1) is 19.3. The molecule has 2 rings (SSSR count). The molecular weight excluding hydrogens is 340 g/mol. The average Bonchev–Trinajstić information content (AvgIpc) is 2.60. The minimum absolute atomic E-state index is 0.0657. The SMILES string of the molecule is CCOC(=O)NN(C(=O)OCC)c1coc2ccc(C(C)C)cc2c1=O. The molecule has 1 heterocycles. The van der Waals surface area contributed by atoms with E-state index in [4.69, 9.17) is 13.9 Å². The van der Waals surface area contributed by atoms with Gasteiger partial charge in [0, 0.05) is 0 Å². The van der Waals surface area contributed by atoms with Crippen molar-refractivity contribution in [1.29, 1.82) is 0 Å². The van der Waals surface area contributed by atoms with Crippen LogP contribution >= 0.6 is 0 Å². The Labute approximate surface area is 150 Å². The second kappa shape index (κ2) is 8.37. The summed E-state index contributed by atoms with van der Waals surface area (Å²) in [5.74, 6) is 0.210. The summed E-state index contributed by atoms with van der Waals surface area (Å²) in [5, 5.41) is 0.989. The van der Waals surface area contributed by atoms with E-state index in [9.17, 15) is 14.4 Å². The van der Waals surface area contributed by atoms with Crippen molar-refractivity contribution in [2.45, 2.75) is 33.6 Å². The van der Waals surface area contributed by atoms with Crippen LogP contribution in [0.3, 0.4) is 0 Å². The monoisotopic (exact) mass is 362 g/mol. The first-order valence-electron chi connectivity index (χ1n) is 8.34. The van der Waals surface area contributed by atoms with Crippen molar-refractivity contribution in [2.24, 2.45) is 0 Å². The van der Waals surface area contributed by atoms with Gasteiger partial charge in [0.2, 0.25) is 5.43 Å². The van der Waals surface area contributed by atoms with Crippen LogP contribution in [0.5, 0.6) is 0 Å². The number of ether oxygens (including phenoxy) is 2. The molecule has 0 fully saturated rings. The molecule has 0 saturated carbocycles. The third-order valence-electron chi connectivity index (χ3n) is 3.61. The third-order valence-corrected chi connectivity index (χ3v) is 3.61. The molecule has 140 valence electrons. The molecule has 0 unspecified atom stereocenters. The number of hydrogen-bond acceptors (Lipinski definition) is 6. The Morgan fingerprint density at radius 1 is 1.19 bits per heavy atom. The third kappa shape index (κ3) is 4.14. The molecule has 0 radical (unpaired) electrons. The van der Waals surface area contributed by atoms with Gasteiger partial charge >= 0.3 is 12.2 Å². The van der Waals surface area contributed by atoms with Crippen molar-refractivity contribution in [3.63, 3.8) is 0 Å². The summed E-state index contributed by atoms with van der Waals surface area (Å²) in [7, 11) is 0. The van der Waals surface area contributed by atoms with Gasteiger partial charge in [0.25, 0.3) is 0 Å². The van der Waals surface area contributed by atoms with Crippen LogP contribution in [0.1, 0.15) is 39.2 Å². The van der Waals surface area contributed by atoms with Gasteiger partial charge < -0.3 is 13.9 Å². The van der Waals surface area contributed by atoms with E-state index in [0.717, 1.165) is 11.8 Å². The van der Waals surface area contributed by atoms with Crippen molar-refractivity contribution < 1.29 is 23.5 Å². The number of nitrogens with one attached hydrogen (secondary N) is 1. The van der Waals surface area contributed by atoms with E-state index >= 15 is 0 Å². The van der Waals surface area contributed by atoms with Crippen LogP contribution in [-0.4, -0.2) is 25.4 Å². The molecule has 26 heavy (non-hydrogen) atoms. The number of hydrazine groups is 1. The Bertz CT molecular complexity index is 858. The van der Waals surface area contributed by atoms with Gasteiger partial charge in [0.05, 0.1) is 18.6 Å². The zero-order valence-electron chi connectivity index (χ0n) is 15.2. The van der Waals surface area contributed by atoms with Gasteiger partial charge in [-0.05, 0) is 37.5 Å². The molecule has 0 saturated heterocycles. The lowest BCUT2D eigenvalue weighted by molar-refractivity contribution is 0.138. The average molecular weight is 362 g/mol. The largest absolute Gasteiger partial charge is 0.462 e. The molecule has 0 aliphatic rings. The topological polar surface area (TPSA) is 98.1 Å². The van der Waals surface area contributed by atoms with Gasteiger partial charge in [-0.3, -0.25) is 4.79 Å². The Morgan fingerprint density at radius 2 is 1.88 bits per heavy atom. The standard InChI is InChI=1S/C18H22N2O6/c1-5-24-17(22)19-20(18(23)25-6-2)14-10-26-15-8-7-12(11(3)4)9-13(15)16(14)21/h7-11H,5-6H2,1-4H3,(H,19,22). The maximum atomic E-state index is 12.9. The van der Waals surface area contributed by atoms with Crippen molar-refractivity contribution in [3.05, 3.63) is 40.2 Å². The van der Waals surface area contributed by atoms with Crippen LogP contribution in [0.25, 0.3) is 11.0 Å². The summed E-state index contributed by atoms with van der Waals surface area (Å²) in [6.07, 6.45) is -0.716. The molecule has 0 atom stereocenters. The van der Waals surface area contributed by atoms with Crippen molar-refractivity contribution in [2.75, 3.05) is 18.2 Å². The van der Waals surface area contributed by atoms with Gasteiger partial charge in [-0.1, -0.05) is 19.9 Å². The minimum atomic E-state index is -0.924. The number of nitrogens with zero attached hydrogens (tertiary/aromatic N) is 1. The highest BCUT2D eigenvalue weighted by Gasteiger charge is 2.25. The minimum Gasteiger partial charge on any atom is -0.462 e. The molecule has 0 spiro atoms. The highest BCUT2D eigenvalue weighted by molar-refractivity contribution is 5.92. The molecular formula is C18H22N2O6. The predicted octanol–water partition coefficient (Wildman–Crippen LogP) is 3.54. The van der Waals surface area contributed by atoms with Crippen LogP contribution in [0.15, 0.2) is 33.7 Å². The van der Waals surface area contributed by atoms with E-state index in [2.05, 4.69) is 5.43 Å². The quantitative estimate of drug-likeness (QED) is 0.836. The number of benzene rings is 1. The van der Waals surface area contributed by atoms with E-state index in [1.54, 1.807) is 26.0 Å². The lowest BCUT2D eigenvalue weighted by Crippen LogP contribution is -2.48. The molecule has 2 amide bonds. The highest BCUT2D eigenvalue weighted by atomic mass is 16.6. The number of carbonyl (C=O) groups excluding carboxylic acids is 2. The fourth-order valence-electron chi connectivity index (χ4n) is 2.30. The number of carbonyl (C=O) groups is 2. The second-order valence-corrected chi connectivity index (χ2v) is 5.73. The van der Waals surface area contributed by atoms with E-state index in [1.165, 1.54) is 0 Å². The van der Waals surface area contributed by atoms with E-state index in [0.29, 0.717) is 16.0 Å². The Hall–Kier alpha value is -3.03. The summed E-state index contributed by atoms with van der Waals surface area (Å²) in [6.45, 7) is 7.40. The molecule has 2 aromatic rings. The lowest BCUT2D eigenvalue weighted by Gasteiger charge is -2.21. The maximum absolute atomic E-state index is 12.9. The summed E-state index contributed by atoms with van der Waals surface area (Å²) < 4.78 is 15.1. The molecule has 0 bridgehead atoms. The van der Waals surface area contributed by atoms with Crippen LogP contribution in [0.4, 0.5) is 15.3 Å². The van der Waals surface area contributed by atoms with E-state index in [-0.39, 0.29) is 24.8 Å². The smallest absolute Gasteiger partial charge is 0.433 e. The Kier molecular flexibility index (Phi) is 6.21. The first-order chi connectivity index (χ1) is 12.4. The number of anilines is 1. The van der Waals surface area contributed by atoms with Crippen LogP contribution in [0, 0.1) is 0 Å². The van der Waals surface area contributed by atoms with Gasteiger partial charge in [-0.25, -0.2) is 15.0 Å². The summed E-state index contributed by atoms with van der Waals surface area (Å²) in [4.78, 5) is 36.8. The summed E-state index contributed by atoms with van der Waals surface area (Å²) in [5.41, 5.74) is 2.87. The van der Waals surface area contributed by atoms with Crippen LogP contribution < -0.4 is 15.9 Å². The number of rotatable bonds is 4. The van der Waals surface area contributed by atoms with E-state index < -0.39 is 17.6 Å². The number of hydrogen-bond donors (Lipinski definition) is 1. The van der Waals surface area contributed by atoms with Crippen molar-refractivity contribution in [1.82, 2.24) is 5.43 Å². The van der Waals surface area contributed by atoms with Gasteiger partial charge in [-0.2, -0.15) is 5.01 Å². The zero-order chi connectivity index (χ0) is 19.3. The number of amides is 2. The van der Waals surface area contributed by atoms with Crippen molar-refractivity contribution in [3.8, 4) is 0 Å². The zero-order valence-corrected chi connectivity index (χ0v) is 15.2. The number of fused-ring (bicyclic) bond motifs is 1. The van der Waals surface area contributed by atoms with Gasteiger partial charge in [-0.15, -0.1) is 0 Å². The fraction of sp³-hybridized carbons (Fsp3) is 0.389. The predicted molar refractivity (Wildman–Crippen MR) is 96.2 cm³/mol. The fourth-order valence-corrected chi connectivity index (χ4v) is 2.30. The lowest BCUT2D eigenvalue weighted by atomic mass is 10.0. The molecule has 8 nitrogen and oxygen atoms in total. The van der Waals surface area contributed by atoms with Crippen molar-refractivity contribution >= 4 is 28.8 Å². The van der Waals surface area contributed by atoms with E-state index in [1.807, 2.05) is 19.9 Å². The van der Waals surface area contributed by atoms with Gasteiger partial charge in [0.1, 0.15) is 11.8 Å². The summed E-state index contributed by atoms with van der Waals surface area (Å²) >= 11 is 0. The molecule has 8 heteroatoms. The molecule has 1 aromatic heterocycles. The molecule has 1 aromatic carbocycles. The second-order valence-electron chi connectivity index (χ2n) is 5.73. The first-order valence-corrected chi connectivity index (χ1v) is 8.34. The van der Waals surface area contributed by atoms with Crippen LogP contribution in [-0.2, 0) is 9.47 Å². The Balaban J connectivity index is 2.54. The van der Waals surface area contributed by atoms with Gasteiger partial charge in [0.15, 0.2) is 5.69 Å². The molecule has 0 aliphatic carbocycles. The molecule has 1 N–H and O–H groups in total. The highest BCUT2D eigenvalue weighted by Crippen LogP contribution is 2.22.